The number of imide groups is 1. The van der Waals surface area contributed by atoms with Crippen molar-refractivity contribution in [2.24, 2.45) is 16.9 Å². The molecule has 3 aromatic carbocycles. The van der Waals surface area contributed by atoms with Crippen LogP contribution in [0.15, 0.2) is 84.0 Å². The highest BCUT2D eigenvalue weighted by atomic mass is 19.1. The molecule has 6 nitrogen and oxygen atoms in total. The Hall–Kier alpha value is -4.13. The molecule has 3 aliphatic heterocycles. The van der Waals surface area contributed by atoms with Gasteiger partial charge in [0.15, 0.2) is 5.78 Å². The number of carbonyl (C=O) groups is 3. The molecule has 2 fully saturated rings. The molecule has 0 aromatic heterocycles. The van der Waals surface area contributed by atoms with E-state index >= 15 is 0 Å². The zero-order valence-corrected chi connectivity index (χ0v) is 18.0. The number of fused-ring (bicyclic) bond motifs is 5. The third-order valence-corrected chi connectivity index (χ3v) is 6.97. The average Bonchev–Trinajstić information content (AvgIpc) is 3.33. The summed E-state index contributed by atoms with van der Waals surface area (Å²) in [6.45, 7) is 0.153. The number of hydrazone groups is 1. The number of likely N-dealkylation sites (tertiary alicyclic amines) is 1. The maximum absolute atomic E-state index is 13.7. The smallest absolute Gasteiger partial charge is 0.236 e. The summed E-state index contributed by atoms with van der Waals surface area (Å²) < 4.78 is 13.5. The lowest BCUT2D eigenvalue weighted by atomic mass is 9.83. The number of Topliss-reactive ketones (excluding diaryl/α,β-unsaturated/α-hetero) is 1. The Bertz CT molecular complexity index is 1340. The quantitative estimate of drug-likeness (QED) is 0.447. The van der Waals surface area contributed by atoms with Crippen LogP contribution < -0.4 is 0 Å². The third-order valence-electron chi connectivity index (χ3n) is 6.97. The number of nitrogens with zero attached hydrogens (tertiary/aromatic N) is 3. The fourth-order valence-electron chi connectivity index (χ4n) is 5.44. The lowest BCUT2D eigenvalue weighted by molar-refractivity contribution is -0.142. The van der Waals surface area contributed by atoms with Crippen molar-refractivity contribution < 1.29 is 18.8 Å². The van der Waals surface area contributed by atoms with Crippen LogP contribution in [0.25, 0.3) is 0 Å². The van der Waals surface area contributed by atoms with Crippen LogP contribution in [0.2, 0.25) is 0 Å². The maximum Gasteiger partial charge on any atom is 0.236 e. The summed E-state index contributed by atoms with van der Waals surface area (Å²) in [4.78, 5) is 42.3. The van der Waals surface area contributed by atoms with Crippen LogP contribution in [0.4, 0.5) is 4.39 Å². The van der Waals surface area contributed by atoms with E-state index in [0.717, 1.165) is 16.7 Å². The number of halogens is 1. The number of hydrogen-bond donors (Lipinski definition) is 0. The summed E-state index contributed by atoms with van der Waals surface area (Å²) in [5.41, 5.74) is 2.84. The molecule has 4 atom stereocenters. The zero-order valence-electron chi connectivity index (χ0n) is 18.0. The van der Waals surface area contributed by atoms with Crippen LogP contribution in [-0.4, -0.2) is 39.8 Å². The van der Waals surface area contributed by atoms with E-state index in [1.54, 1.807) is 11.2 Å². The lowest BCUT2D eigenvalue weighted by Crippen LogP contribution is -2.44. The van der Waals surface area contributed by atoms with Crippen molar-refractivity contribution in [1.82, 2.24) is 9.91 Å². The lowest BCUT2D eigenvalue weighted by Gasteiger charge is -2.33. The molecular formula is C27H20FN3O3. The molecule has 3 aromatic rings. The normalized spacial score (nSPS) is 24.7. The van der Waals surface area contributed by atoms with E-state index in [1.807, 2.05) is 54.6 Å². The second-order valence-corrected chi connectivity index (χ2v) is 8.81. The predicted octanol–water partition coefficient (Wildman–Crippen LogP) is 3.58. The molecule has 34 heavy (non-hydrogen) atoms. The maximum atomic E-state index is 13.7. The standard InChI is InChI=1S/C27H20FN3O3/c28-19-12-10-17(11-13-19)25(32)24-22-21(23-20-9-5-4-8-18(20)14-29-31(23)24)26(33)30(27(22)34)15-16-6-2-1-3-7-16/h1-14,21-24H,15H2/t21-,22+,23?,24-/m1/s1. The van der Waals surface area contributed by atoms with Crippen LogP contribution in [-0.2, 0) is 16.1 Å². The molecule has 0 saturated carbocycles. The van der Waals surface area contributed by atoms with Gasteiger partial charge in [-0.05, 0) is 41.0 Å². The van der Waals surface area contributed by atoms with Gasteiger partial charge in [-0.1, -0.05) is 54.6 Å². The minimum Gasteiger partial charge on any atom is -0.292 e. The summed E-state index contributed by atoms with van der Waals surface area (Å²) in [5.74, 6) is -3.08. The number of rotatable bonds is 4. The molecule has 0 radical (unpaired) electrons. The van der Waals surface area contributed by atoms with Crippen molar-refractivity contribution in [2.75, 3.05) is 0 Å². The van der Waals surface area contributed by atoms with Crippen LogP contribution in [0.1, 0.15) is 33.1 Å². The van der Waals surface area contributed by atoms with E-state index in [2.05, 4.69) is 5.10 Å². The van der Waals surface area contributed by atoms with Crippen molar-refractivity contribution in [1.29, 1.82) is 0 Å². The van der Waals surface area contributed by atoms with Gasteiger partial charge >= 0.3 is 0 Å². The van der Waals surface area contributed by atoms with Gasteiger partial charge in [-0.25, -0.2) is 4.39 Å². The van der Waals surface area contributed by atoms with Gasteiger partial charge in [0.2, 0.25) is 11.8 Å². The number of carbonyl (C=O) groups excluding carboxylic acids is 3. The summed E-state index contributed by atoms with van der Waals surface area (Å²) in [6, 6.07) is 20.7. The number of benzene rings is 3. The fraction of sp³-hybridized carbons (Fsp3) is 0.185. The fourth-order valence-corrected chi connectivity index (χ4v) is 5.44. The minimum absolute atomic E-state index is 0.153. The van der Waals surface area contributed by atoms with E-state index < -0.39 is 29.7 Å². The molecule has 0 bridgehead atoms. The minimum atomic E-state index is -0.956. The highest BCUT2D eigenvalue weighted by Gasteiger charge is 2.65. The molecule has 2 saturated heterocycles. The Labute approximate surface area is 195 Å². The monoisotopic (exact) mass is 453 g/mol. The molecular weight excluding hydrogens is 433 g/mol. The molecule has 6 rings (SSSR count). The Kier molecular flexibility index (Phi) is 4.65. The molecule has 1 unspecified atom stereocenters. The van der Waals surface area contributed by atoms with Crippen LogP contribution in [0, 0.1) is 17.7 Å². The first kappa shape index (κ1) is 20.5. The summed E-state index contributed by atoms with van der Waals surface area (Å²) >= 11 is 0. The second kappa shape index (κ2) is 7.73. The van der Waals surface area contributed by atoms with Gasteiger partial charge in [-0.15, -0.1) is 0 Å². The van der Waals surface area contributed by atoms with Gasteiger partial charge in [0.25, 0.3) is 0 Å². The van der Waals surface area contributed by atoms with E-state index in [-0.39, 0.29) is 29.7 Å². The SMILES string of the molecule is O=C(c1ccc(F)cc1)[C@H]1[C@H]2C(=O)N(Cc3ccccc3)C(=O)[C@H]2C2c3ccccc3C=NN21. The van der Waals surface area contributed by atoms with E-state index in [0.29, 0.717) is 0 Å². The van der Waals surface area contributed by atoms with Gasteiger partial charge in [0.1, 0.15) is 11.9 Å². The molecule has 0 N–H and O–H groups in total. The Balaban J connectivity index is 1.45. The highest BCUT2D eigenvalue weighted by molar-refractivity contribution is 6.12. The molecule has 168 valence electrons. The van der Waals surface area contributed by atoms with Gasteiger partial charge < -0.3 is 0 Å². The first-order chi connectivity index (χ1) is 16.5. The predicted molar refractivity (Wildman–Crippen MR) is 122 cm³/mol. The van der Waals surface area contributed by atoms with E-state index in [4.69, 9.17) is 0 Å². The summed E-state index contributed by atoms with van der Waals surface area (Å²) in [6.07, 6.45) is 1.66. The number of amides is 2. The summed E-state index contributed by atoms with van der Waals surface area (Å²) in [7, 11) is 0. The Morgan fingerprint density at radius 3 is 2.29 bits per heavy atom. The molecule has 0 aliphatic carbocycles. The molecule has 7 heteroatoms. The van der Waals surface area contributed by atoms with Crippen LogP contribution in [0.5, 0.6) is 0 Å². The van der Waals surface area contributed by atoms with E-state index in [1.165, 1.54) is 29.2 Å². The van der Waals surface area contributed by atoms with Gasteiger partial charge in [-0.3, -0.25) is 24.3 Å². The average molecular weight is 453 g/mol. The van der Waals surface area contributed by atoms with Crippen LogP contribution >= 0.6 is 0 Å². The highest BCUT2D eigenvalue weighted by Crippen LogP contribution is 2.52. The first-order valence-corrected chi connectivity index (χ1v) is 11.1. The Morgan fingerprint density at radius 2 is 1.53 bits per heavy atom. The molecule has 2 amide bonds. The van der Waals surface area contributed by atoms with Crippen molar-refractivity contribution in [3.05, 3.63) is 107 Å². The van der Waals surface area contributed by atoms with Gasteiger partial charge in [0, 0.05) is 5.56 Å². The second-order valence-electron chi connectivity index (χ2n) is 8.81. The number of ketones is 1. The van der Waals surface area contributed by atoms with Gasteiger partial charge in [0.05, 0.1) is 30.6 Å². The number of hydrogen-bond acceptors (Lipinski definition) is 5. The summed E-state index contributed by atoms with van der Waals surface area (Å²) in [5, 5.41) is 6.14. The molecule has 0 spiro atoms. The Morgan fingerprint density at radius 1 is 0.853 bits per heavy atom. The molecule has 3 heterocycles. The largest absolute Gasteiger partial charge is 0.292 e. The van der Waals surface area contributed by atoms with Gasteiger partial charge in [-0.2, -0.15) is 5.10 Å². The van der Waals surface area contributed by atoms with Crippen molar-refractivity contribution in [3.8, 4) is 0 Å². The third kappa shape index (κ3) is 3.00. The molecule has 3 aliphatic rings. The first-order valence-electron chi connectivity index (χ1n) is 11.1. The zero-order chi connectivity index (χ0) is 23.4. The van der Waals surface area contributed by atoms with Crippen molar-refractivity contribution >= 4 is 23.8 Å². The van der Waals surface area contributed by atoms with Crippen molar-refractivity contribution in [2.45, 2.75) is 18.6 Å². The topological polar surface area (TPSA) is 70.0 Å². The van der Waals surface area contributed by atoms with Crippen molar-refractivity contribution in [3.63, 3.8) is 0 Å². The van der Waals surface area contributed by atoms with Crippen LogP contribution in [0.3, 0.4) is 0 Å². The van der Waals surface area contributed by atoms with E-state index in [9.17, 15) is 18.8 Å².